The smallest absolute Gasteiger partial charge is 0.249 e. The van der Waals surface area contributed by atoms with Crippen LogP contribution in [-0.2, 0) is 11.3 Å². The summed E-state index contributed by atoms with van der Waals surface area (Å²) in [6.07, 6.45) is 4.01. The molecule has 18 heavy (non-hydrogen) atoms. The van der Waals surface area contributed by atoms with Crippen molar-refractivity contribution in [3.63, 3.8) is 0 Å². The maximum atomic E-state index is 11.6. The van der Waals surface area contributed by atoms with E-state index in [0.29, 0.717) is 13.0 Å². The van der Waals surface area contributed by atoms with E-state index in [4.69, 9.17) is 0 Å². The Morgan fingerprint density at radius 2 is 1.94 bits per heavy atom. The van der Waals surface area contributed by atoms with E-state index >= 15 is 0 Å². The molecule has 1 aromatic rings. The molecule has 0 bridgehead atoms. The van der Waals surface area contributed by atoms with Crippen LogP contribution in [0.15, 0.2) is 30.3 Å². The summed E-state index contributed by atoms with van der Waals surface area (Å²) in [6.45, 7) is 2.62. The van der Waals surface area contributed by atoms with E-state index < -0.39 is 6.10 Å². The summed E-state index contributed by atoms with van der Waals surface area (Å²) in [5.74, 6) is -0.268. The molecule has 0 saturated carbocycles. The highest BCUT2D eigenvalue weighted by atomic mass is 16.3. The van der Waals surface area contributed by atoms with Crippen molar-refractivity contribution in [2.24, 2.45) is 0 Å². The number of aliphatic hydroxyl groups excluding tert-OH is 1. The van der Waals surface area contributed by atoms with Gasteiger partial charge in [-0.05, 0) is 12.0 Å². The second kappa shape index (κ2) is 8.70. The van der Waals surface area contributed by atoms with Crippen molar-refractivity contribution < 1.29 is 9.90 Å². The van der Waals surface area contributed by atoms with Gasteiger partial charge in [-0.3, -0.25) is 4.79 Å². The maximum Gasteiger partial charge on any atom is 0.249 e. The van der Waals surface area contributed by atoms with Gasteiger partial charge in [0, 0.05) is 6.54 Å². The third-order valence-corrected chi connectivity index (χ3v) is 2.94. The molecule has 3 heteroatoms. The van der Waals surface area contributed by atoms with Gasteiger partial charge in [0.1, 0.15) is 6.10 Å². The van der Waals surface area contributed by atoms with Gasteiger partial charge in [0.2, 0.25) is 5.91 Å². The van der Waals surface area contributed by atoms with E-state index in [0.717, 1.165) is 24.8 Å². The van der Waals surface area contributed by atoms with Crippen LogP contribution in [-0.4, -0.2) is 17.1 Å². The molecule has 1 amide bonds. The van der Waals surface area contributed by atoms with Crippen LogP contribution in [0.25, 0.3) is 0 Å². The molecular formula is C15H23NO2. The first-order valence-electron chi connectivity index (χ1n) is 6.73. The molecule has 1 atom stereocenters. The Kier molecular flexibility index (Phi) is 7.11. The SMILES string of the molecule is CCCCCCC(O)C(=O)NCc1ccccc1. The van der Waals surface area contributed by atoms with E-state index in [1.165, 1.54) is 6.42 Å². The largest absolute Gasteiger partial charge is 0.383 e. The molecule has 1 aromatic carbocycles. The van der Waals surface area contributed by atoms with Crippen molar-refractivity contribution in [2.75, 3.05) is 0 Å². The zero-order valence-corrected chi connectivity index (χ0v) is 11.1. The van der Waals surface area contributed by atoms with E-state index in [2.05, 4.69) is 12.2 Å². The normalized spacial score (nSPS) is 12.1. The Bertz CT molecular complexity index is 338. The van der Waals surface area contributed by atoms with Gasteiger partial charge in [-0.1, -0.05) is 62.9 Å². The fourth-order valence-corrected chi connectivity index (χ4v) is 1.80. The molecule has 0 aliphatic rings. The summed E-state index contributed by atoms with van der Waals surface area (Å²) >= 11 is 0. The van der Waals surface area contributed by atoms with Crippen molar-refractivity contribution >= 4 is 5.91 Å². The zero-order valence-electron chi connectivity index (χ0n) is 11.1. The van der Waals surface area contributed by atoms with Crippen molar-refractivity contribution in [3.05, 3.63) is 35.9 Å². The Hall–Kier alpha value is -1.35. The van der Waals surface area contributed by atoms with Crippen LogP contribution in [0.4, 0.5) is 0 Å². The van der Waals surface area contributed by atoms with Crippen molar-refractivity contribution in [2.45, 2.75) is 51.7 Å². The molecular weight excluding hydrogens is 226 g/mol. The molecule has 0 saturated heterocycles. The van der Waals surface area contributed by atoms with Crippen LogP contribution in [0.2, 0.25) is 0 Å². The highest BCUT2D eigenvalue weighted by molar-refractivity contribution is 5.80. The lowest BCUT2D eigenvalue weighted by atomic mass is 10.1. The Labute approximate surface area is 109 Å². The summed E-state index contributed by atoms with van der Waals surface area (Å²) in [7, 11) is 0. The van der Waals surface area contributed by atoms with Crippen LogP contribution < -0.4 is 5.32 Å². The fraction of sp³-hybridized carbons (Fsp3) is 0.533. The summed E-state index contributed by atoms with van der Waals surface area (Å²) in [6, 6.07) is 9.71. The van der Waals surface area contributed by atoms with Gasteiger partial charge in [0.25, 0.3) is 0 Å². The molecule has 0 aliphatic heterocycles. The average Bonchev–Trinajstić information content (AvgIpc) is 2.42. The lowest BCUT2D eigenvalue weighted by Crippen LogP contribution is -2.34. The molecule has 1 unspecified atom stereocenters. The topological polar surface area (TPSA) is 49.3 Å². The quantitative estimate of drug-likeness (QED) is 0.696. The van der Waals surface area contributed by atoms with Crippen LogP contribution in [0, 0.1) is 0 Å². The molecule has 2 N–H and O–H groups in total. The summed E-state index contributed by atoms with van der Waals surface area (Å²) in [4.78, 5) is 11.6. The Morgan fingerprint density at radius 1 is 1.22 bits per heavy atom. The molecule has 100 valence electrons. The van der Waals surface area contributed by atoms with E-state index in [1.54, 1.807) is 0 Å². The van der Waals surface area contributed by atoms with Crippen LogP contribution in [0.1, 0.15) is 44.6 Å². The van der Waals surface area contributed by atoms with Crippen molar-refractivity contribution in [1.82, 2.24) is 5.32 Å². The molecule has 0 aromatic heterocycles. The lowest BCUT2D eigenvalue weighted by Gasteiger charge is -2.11. The van der Waals surface area contributed by atoms with Gasteiger partial charge >= 0.3 is 0 Å². The van der Waals surface area contributed by atoms with Gasteiger partial charge in [0.15, 0.2) is 0 Å². The Morgan fingerprint density at radius 3 is 2.61 bits per heavy atom. The third-order valence-electron chi connectivity index (χ3n) is 2.94. The zero-order chi connectivity index (χ0) is 13.2. The monoisotopic (exact) mass is 249 g/mol. The minimum atomic E-state index is -0.870. The average molecular weight is 249 g/mol. The predicted molar refractivity (Wildman–Crippen MR) is 73.1 cm³/mol. The van der Waals surface area contributed by atoms with Crippen molar-refractivity contribution in [1.29, 1.82) is 0 Å². The molecule has 0 heterocycles. The van der Waals surface area contributed by atoms with Gasteiger partial charge in [-0.15, -0.1) is 0 Å². The molecule has 0 fully saturated rings. The number of amides is 1. The first kappa shape index (κ1) is 14.7. The molecule has 1 rings (SSSR count). The third kappa shape index (κ3) is 5.82. The number of carbonyl (C=O) groups is 1. The number of hydrogen-bond acceptors (Lipinski definition) is 2. The summed E-state index contributed by atoms with van der Waals surface area (Å²) in [5, 5.41) is 12.4. The van der Waals surface area contributed by atoms with Gasteiger partial charge in [-0.25, -0.2) is 0 Å². The molecule has 0 radical (unpaired) electrons. The van der Waals surface area contributed by atoms with Crippen LogP contribution in [0.5, 0.6) is 0 Å². The van der Waals surface area contributed by atoms with Gasteiger partial charge < -0.3 is 10.4 Å². The second-order valence-corrected chi connectivity index (χ2v) is 4.57. The lowest BCUT2D eigenvalue weighted by molar-refractivity contribution is -0.129. The number of benzene rings is 1. The van der Waals surface area contributed by atoms with Crippen molar-refractivity contribution in [3.8, 4) is 0 Å². The number of hydrogen-bond donors (Lipinski definition) is 2. The number of nitrogens with one attached hydrogen (secondary N) is 1. The fourth-order valence-electron chi connectivity index (χ4n) is 1.80. The molecule has 0 spiro atoms. The molecule has 0 aliphatic carbocycles. The standard InChI is InChI=1S/C15H23NO2/c1-2-3-4-8-11-14(17)15(18)16-12-13-9-6-5-7-10-13/h5-7,9-10,14,17H,2-4,8,11-12H2,1H3,(H,16,18). The first-order chi connectivity index (χ1) is 8.74. The van der Waals surface area contributed by atoms with Crippen LogP contribution in [0.3, 0.4) is 0 Å². The minimum absolute atomic E-state index is 0.268. The number of unbranched alkanes of at least 4 members (excludes halogenated alkanes) is 3. The minimum Gasteiger partial charge on any atom is -0.383 e. The Balaban J connectivity index is 2.19. The highest BCUT2D eigenvalue weighted by Gasteiger charge is 2.13. The number of rotatable bonds is 8. The predicted octanol–water partition coefficient (Wildman–Crippen LogP) is 2.63. The second-order valence-electron chi connectivity index (χ2n) is 4.57. The maximum absolute atomic E-state index is 11.6. The summed E-state index contributed by atoms with van der Waals surface area (Å²) < 4.78 is 0. The number of aliphatic hydroxyl groups is 1. The van der Waals surface area contributed by atoms with Gasteiger partial charge in [0.05, 0.1) is 0 Å². The highest BCUT2D eigenvalue weighted by Crippen LogP contribution is 2.06. The van der Waals surface area contributed by atoms with E-state index in [9.17, 15) is 9.90 Å². The van der Waals surface area contributed by atoms with E-state index in [1.807, 2.05) is 30.3 Å². The summed E-state index contributed by atoms with van der Waals surface area (Å²) in [5.41, 5.74) is 1.05. The van der Waals surface area contributed by atoms with Crippen LogP contribution >= 0.6 is 0 Å². The number of carbonyl (C=O) groups excluding carboxylic acids is 1. The molecule has 3 nitrogen and oxygen atoms in total. The van der Waals surface area contributed by atoms with Gasteiger partial charge in [-0.2, -0.15) is 0 Å². The first-order valence-corrected chi connectivity index (χ1v) is 6.73. The van der Waals surface area contributed by atoms with E-state index in [-0.39, 0.29) is 5.91 Å².